The fourth-order valence-corrected chi connectivity index (χ4v) is 6.19. The Balaban J connectivity index is 1.46. The average molecular weight is 480 g/mol. The van der Waals surface area contributed by atoms with E-state index in [1.165, 1.54) is 36.9 Å². The van der Waals surface area contributed by atoms with Crippen molar-refractivity contribution in [2.75, 3.05) is 26.2 Å². The number of benzene rings is 1. The lowest BCUT2D eigenvalue weighted by Gasteiger charge is -2.47. The van der Waals surface area contributed by atoms with E-state index in [0.717, 1.165) is 44.6 Å². The standard InChI is InChI=1S/C30H45N3O2/c1-22(2)26(33-17-8-11-28(33)35)21-27(34)31-25-12-13-30(24-10-7-6-9-23(24)25)15-19-32(20-16-30)18-14-29(3,4)5/h6-7,9-10,21-22,25H,8,11-20H2,1-5H3,(H,31,34)/b26-21+/t25-/m0/s1. The molecule has 1 aromatic carbocycles. The van der Waals surface area contributed by atoms with Crippen molar-refractivity contribution < 1.29 is 9.59 Å². The van der Waals surface area contributed by atoms with E-state index in [0.29, 0.717) is 11.8 Å². The van der Waals surface area contributed by atoms with Crippen LogP contribution in [-0.4, -0.2) is 47.8 Å². The summed E-state index contributed by atoms with van der Waals surface area (Å²) >= 11 is 0. The van der Waals surface area contributed by atoms with Crippen LogP contribution in [0.2, 0.25) is 0 Å². The molecule has 192 valence electrons. The van der Waals surface area contributed by atoms with E-state index < -0.39 is 0 Å². The third-order valence-electron chi connectivity index (χ3n) is 8.38. The smallest absolute Gasteiger partial charge is 0.246 e. The van der Waals surface area contributed by atoms with E-state index in [9.17, 15) is 9.59 Å². The summed E-state index contributed by atoms with van der Waals surface area (Å²) in [6.45, 7) is 15.3. The summed E-state index contributed by atoms with van der Waals surface area (Å²) in [6, 6.07) is 8.81. The lowest BCUT2D eigenvalue weighted by atomic mass is 9.63. The van der Waals surface area contributed by atoms with Crippen molar-refractivity contribution >= 4 is 11.8 Å². The summed E-state index contributed by atoms with van der Waals surface area (Å²) in [5.41, 5.74) is 4.18. The minimum atomic E-state index is -0.0823. The molecule has 0 aromatic heterocycles. The lowest BCUT2D eigenvalue weighted by molar-refractivity contribution is -0.126. The zero-order chi connectivity index (χ0) is 25.2. The monoisotopic (exact) mass is 479 g/mol. The topological polar surface area (TPSA) is 52.7 Å². The maximum atomic E-state index is 13.1. The molecule has 3 aliphatic rings. The van der Waals surface area contributed by atoms with Gasteiger partial charge in [0, 0.05) is 24.7 Å². The van der Waals surface area contributed by atoms with Crippen molar-refractivity contribution in [2.45, 2.75) is 91.0 Å². The fourth-order valence-electron chi connectivity index (χ4n) is 6.19. The number of hydrogen-bond acceptors (Lipinski definition) is 3. The highest BCUT2D eigenvalue weighted by Crippen LogP contribution is 2.48. The fraction of sp³-hybridized carbons (Fsp3) is 0.667. The van der Waals surface area contributed by atoms with Crippen LogP contribution in [0.1, 0.15) is 96.7 Å². The van der Waals surface area contributed by atoms with Gasteiger partial charge in [0.1, 0.15) is 0 Å². The van der Waals surface area contributed by atoms with Gasteiger partial charge in [-0.1, -0.05) is 58.9 Å². The van der Waals surface area contributed by atoms with Crippen LogP contribution in [0.15, 0.2) is 36.0 Å². The van der Waals surface area contributed by atoms with Gasteiger partial charge in [0.2, 0.25) is 11.8 Å². The molecule has 2 fully saturated rings. The van der Waals surface area contributed by atoms with E-state index >= 15 is 0 Å². The highest BCUT2D eigenvalue weighted by atomic mass is 16.2. The number of hydrogen-bond donors (Lipinski definition) is 1. The Morgan fingerprint density at radius 1 is 1.14 bits per heavy atom. The first-order valence-corrected chi connectivity index (χ1v) is 13.7. The number of fused-ring (bicyclic) bond motifs is 2. The van der Waals surface area contributed by atoms with Crippen molar-refractivity contribution in [3.63, 3.8) is 0 Å². The molecule has 0 saturated carbocycles. The number of nitrogens with one attached hydrogen (secondary N) is 1. The third-order valence-corrected chi connectivity index (χ3v) is 8.38. The van der Waals surface area contributed by atoms with E-state index in [1.807, 2.05) is 4.90 Å². The van der Waals surface area contributed by atoms with Crippen LogP contribution in [0.25, 0.3) is 0 Å². The van der Waals surface area contributed by atoms with Gasteiger partial charge < -0.3 is 15.1 Å². The van der Waals surface area contributed by atoms with Gasteiger partial charge >= 0.3 is 0 Å². The second-order valence-corrected chi connectivity index (χ2v) is 12.5. The predicted octanol–water partition coefficient (Wildman–Crippen LogP) is 5.57. The Morgan fingerprint density at radius 2 is 1.86 bits per heavy atom. The van der Waals surface area contributed by atoms with Gasteiger partial charge in [-0.05, 0) is 86.0 Å². The summed E-state index contributed by atoms with van der Waals surface area (Å²) in [5.74, 6) is 0.186. The van der Waals surface area contributed by atoms with Crippen LogP contribution >= 0.6 is 0 Å². The van der Waals surface area contributed by atoms with Crippen LogP contribution in [0.3, 0.4) is 0 Å². The first-order valence-electron chi connectivity index (χ1n) is 13.7. The van der Waals surface area contributed by atoms with Crippen LogP contribution in [0.5, 0.6) is 0 Å². The predicted molar refractivity (Wildman–Crippen MR) is 142 cm³/mol. The summed E-state index contributed by atoms with van der Waals surface area (Å²) < 4.78 is 0. The molecule has 2 amide bonds. The van der Waals surface area contributed by atoms with Crippen molar-refractivity contribution in [3.8, 4) is 0 Å². The molecule has 2 aliphatic heterocycles. The summed E-state index contributed by atoms with van der Waals surface area (Å²) in [7, 11) is 0. The molecule has 0 bridgehead atoms. The zero-order valence-corrected chi connectivity index (χ0v) is 22.5. The number of likely N-dealkylation sites (tertiary alicyclic amines) is 2. The SMILES string of the molecule is CC(C)/C(=C\C(=O)N[C@H]1CCC2(CCN(CCC(C)(C)C)CC2)c2ccccc21)N1CCCC1=O. The van der Waals surface area contributed by atoms with E-state index in [2.05, 4.69) is 69.1 Å². The highest BCUT2D eigenvalue weighted by Gasteiger charge is 2.42. The molecule has 1 aromatic rings. The molecule has 35 heavy (non-hydrogen) atoms. The van der Waals surface area contributed by atoms with Crippen LogP contribution in [-0.2, 0) is 15.0 Å². The van der Waals surface area contributed by atoms with E-state index in [1.54, 1.807) is 6.08 Å². The lowest BCUT2D eigenvalue weighted by Crippen LogP contribution is -2.46. The van der Waals surface area contributed by atoms with Gasteiger partial charge in [0.25, 0.3) is 0 Å². The van der Waals surface area contributed by atoms with Crippen LogP contribution in [0, 0.1) is 11.3 Å². The minimum absolute atomic E-state index is 0.0298. The quantitative estimate of drug-likeness (QED) is 0.543. The largest absolute Gasteiger partial charge is 0.346 e. The van der Waals surface area contributed by atoms with E-state index in [4.69, 9.17) is 0 Å². The molecule has 5 heteroatoms. The van der Waals surface area contributed by atoms with Crippen molar-refractivity contribution in [1.82, 2.24) is 15.1 Å². The Morgan fingerprint density at radius 3 is 2.49 bits per heavy atom. The first-order chi connectivity index (χ1) is 16.6. The highest BCUT2D eigenvalue weighted by molar-refractivity contribution is 5.90. The van der Waals surface area contributed by atoms with Crippen LogP contribution in [0.4, 0.5) is 0 Å². The molecule has 2 heterocycles. The van der Waals surface area contributed by atoms with Gasteiger partial charge in [-0.2, -0.15) is 0 Å². The molecule has 2 saturated heterocycles. The number of carbonyl (C=O) groups excluding carboxylic acids is 2. The second kappa shape index (κ2) is 10.5. The molecule has 4 rings (SSSR count). The molecule has 0 unspecified atom stereocenters. The van der Waals surface area contributed by atoms with Gasteiger partial charge in [0.15, 0.2) is 0 Å². The summed E-state index contributed by atoms with van der Waals surface area (Å²) in [6.07, 6.45) is 8.85. The minimum Gasteiger partial charge on any atom is -0.346 e. The molecular weight excluding hydrogens is 434 g/mol. The van der Waals surface area contributed by atoms with Crippen LogP contribution < -0.4 is 5.32 Å². The number of nitrogens with zero attached hydrogens (tertiary/aromatic N) is 2. The Bertz CT molecular complexity index is 951. The average Bonchev–Trinajstić information content (AvgIpc) is 3.24. The Hall–Kier alpha value is -2.14. The molecule has 1 aliphatic carbocycles. The third kappa shape index (κ3) is 5.99. The first kappa shape index (κ1) is 25.9. The molecule has 5 nitrogen and oxygen atoms in total. The Labute approximate surface area is 212 Å². The molecule has 1 spiro atoms. The maximum absolute atomic E-state index is 13.1. The maximum Gasteiger partial charge on any atom is 0.246 e. The number of amides is 2. The number of piperidine rings is 1. The van der Waals surface area contributed by atoms with Gasteiger partial charge in [-0.3, -0.25) is 9.59 Å². The Kier molecular flexibility index (Phi) is 7.75. The van der Waals surface area contributed by atoms with Crippen molar-refractivity contribution in [3.05, 3.63) is 47.2 Å². The van der Waals surface area contributed by atoms with Gasteiger partial charge in [-0.15, -0.1) is 0 Å². The number of allylic oxidation sites excluding steroid dienone is 1. The second-order valence-electron chi connectivity index (χ2n) is 12.5. The number of rotatable bonds is 6. The van der Waals surface area contributed by atoms with Gasteiger partial charge in [0.05, 0.1) is 6.04 Å². The van der Waals surface area contributed by atoms with Gasteiger partial charge in [-0.25, -0.2) is 0 Å². The van der Waals surface area contributed by atoms with E-state index in [-0.39, 0.29) is 29.2 Å². The molecular formula is C30H45N3O2. The molecule has 0 radical (unpaired) electrons. The summed E-state index contributed by atoms with van der Waals surface area (Å²) in [5, 5.41) is 3.30. The van der Waals surface area contributed by atoms with Crippen molar-refractivity contribution in [1.29, 1.82) is 0 Å². The normalized spacial score (nSPS) is 23.1. The molecule has 1 atom stereocenters. The number of carbonyl (C=O) groups is 2. The summed E-state index contributed by atoms with van der Waals surface area (Å²) in [4.78, 5) is 29.9. The molecule has 1 N–H and O–H groups in total. The van der Waals surface area contributed by atoms with Crippen molar-refractivity contribution in [2.24, 2.45) is 11.3 Å². The zero-order valence-electron chi connectivity index (χ0n) is 22.5.